The Labute approximate surface area is 242 Å². The number of hydrogen-bond donors (Lipinski definition) is 1. The number of carbonyl (C=O) groups excluding carboxylic acids is 1. The van der Waals surface area contributed by atoms with E-state index in [0.717, 1.165) is 35.7 Å². The summed E-state index contributed by atoms with van der Waals surface area (Å²) in [6.45, 7) is 3.01. The van der Waals surface area contributed by atoms with E-state index in [0.29, 0.717) is 42.8 Å². The molecule has 1 aromatic heterocycles. The number of nitro groups is 1. The summed E-state index contributed by atoms with van der Waals surface area (Å²) in [5.74, 6) is 0.520. The Morgan fingerprint density at radius 3 is 2.48 bits per heavy atom. The van der Waals surface area contributed by atoms with Gasteiger partial charge in [0.05, 0.1) is 49.3 Å². The number of non-ortho nitro benzene ring substituents is 1. The zero-order chi connectivity index (χ0) is 29.5. The molecule has 5 rings (SSSR count). The number of nitro benzene ring substituents is 1. The highest BCUT2D eigenvalue weighted by atomic mass is 16.6. The van der Waals surface area contributed by atoms with Gasteiger partial charge in [-0.2, -0.15) is 0 Å². The molecule has 2 heterocycles. The molecule has 11 heteroatoms. The normalized spacial score (nSPS) is 12.9. The lowest BCUT2D eigenvalue weighted by molar-refractivity contribution is -0.384. The first-order valence-electron chi connectivity index (χ1n) is 13.3. The molecule has 0 saturated carbocycles. The van der Waals surface area contributed by atoms with Crippen LogP contribution in [0.5, 0.6) is 11.6 Å². The number of para-hydroxylation sites is 1. The Hall–Kier alpha value is -5.16. The second-order valence-electron chi connectivity index (χ2n) is 9.43. The molecule has 1 N–H and O–H groups in total. The van der Waals surface area contributed by atoms with Gasteiger partial charge in [0, 0.05) is 48.2 Å². The number of hydrogen-bond acceptors (Lipinski definition) is 10. The molecule has 0 radical (unpaired) electrons. The molecule has 1 aliphatic heterocycles. The van der Waals surface area contributed by atoms with Crippen LogP contribution in [0.3, 0.4) is 0 Å². The Bertz CT molecular complexity index is 1570. The fourth-order valence-corrected chi connectivity index (χ4v) is 4.58. The minimum atomic E-state index is -0.694. The first kappa shape index (κ1) is 28.4. The molecule has 0 spiro atoms. The van der Waals surface area contributed by atoms with Crippen LogP contribution in [0.25, 0.3) is 11.3 Å². The lowest BCUT2D eigenvalue weighted by Crippen LogP contribution is -2.36. The van der Waals surface area contributed by atoms with E-state index in [-0.39, 0.29) is 11.3 Å². The second kappa shape index (κ2) is 13.0. The zero-order valence-electron chi connectivity index (χ0n) is 23.2. The SMILES string of the molecule is COC(=O)c1cc([N+](=O)[O-])ccc1Nc1ccccc1-c1cc(N2CCOCC2)cc(OCc2ccc(OC)cc2)n1. The van der Waals surface area contributed by atoms with E-state index in [1.807, 2.05) is 60.7 Å². The smallest absolute Gasteiger partial charge is 0.340 e. The molecule has 1 aliphatic rings. The molecule has 0 bridgehead atoms. The largest absolute Gasteiger partial charge is 0.497 e. The highest BCUT2D eigenvalue weighted by Gasteiger charge is 2.20. The summed E-state index contributed by atoms with van der Waals surface area (Å²) in [4.78, 5) is 30.3. The molecule has 1 fully saturated rings. The number of nitrogens with zero attached hydrogens (tertiary/aromatic N) is 3. The van der Waals surface area contributed by atoms with Crippen LogP contribution in [0.15, 0.2) is 78.9 Å². The predicted molar refractivity (Wildman–Crippen MR) is 158 cm³/mol. The van der Waals surface area contributed by atoms with E-state index in [1.54, 1.807) is 7.11 Å². The number of anilines is 3. The maximum absolute atomic E-state index is 12.5. The molecule has 0 aliphatic carbocycles. The van der Waals surface area contributed by atoms with Gasteiger partial charge < -0.3 is 29.2 Å². The summed E-state index contributed by atoms with van der Waals surface area (Å²) in [6.07, 6.45) is 0. The highest BCUT2D eigenvalue weighted by molar-refractivity contribution is 5.98. The van der Waals surface area contributed by atoms with Crippen LogP contribution in [0, 0.1) is 10.1 Å². The fourth-order valence-electron chi connectivity index (χ4n) is 4.58. The molecular formula is C31H30N4O7. The number of benzene rings is 3. The van der Waals surface area contributed by atoms with Crippen molar-refractivity contribution in [2.75, 3.05) is 50.7 Å². The standard InChI is InChI=1S/C31H30N4O7/c1-39-24-10-7-21(8-11-24)20-42-30-19-23(34-13-15-41-16-14-34)18-29(33-30)25-5-3-4-6-27(25)32-28-12-9-22(35(37)38)17-26(28)31(36)40-2/h3-12,17-19,32H,13-16,20H2,1-2H3. The van der Waals surface area contributed by atoms with Gasteiger partial charge in [0.25, 0.3) is 5.69 Å². The maximum atomic E-state index is 12.5. The Balaban J connectivity index is 1.51. The number of aromatic nitrogens is 1. The summed E-state index contributed by atoms with van der Waals surface area (Å²) < 4.78 is 21.8. The van der Waals surface area contributed by atoms with E-state index < -0.39 is 10.9 Å². The van der Waals surface area contributed by atoms with E-state index in [1.165, 1.54) is 25.3 Å². The van der Waals surface area contributed by atoms with E-state index in [4.69, 9.17) is 23.9 Å². The second-order valence-corrected chi connectivity index (χ2v) is 9.43. The number of rotatable bonds is 10. The van der Waals surface area contributed by atoms with Crippen molar-refractivity contribution < 1.29 is 28.7 Å². The van der Waals surface area contributed by atoms with Crippen molar-refractivity contribution >= 4 is 28.7 Å². The Morgan fingerprint density at radius 2 is 1.76 bits per heavy atom. The number of nitrogens with one attached hydrogen (secondary N) is 1. The lowest BCUT2D eigenvalue weighted by Gasteiger charge is -2.29. The first-order valence-corrected chi connectivity index (χ1v) is 13.3. The van der Waals surface area contributed by atoms with Crippen LogP contribution in [0.1, 0.15) is 15.9 Å². The summed E-state index contributed by atoms with van der Waals surface area (Å²) in [6, 6.07) is 23.0. The molecule has 216 valence electrons. The number of pyridine rings is 1. The molecule has 42 heavy (non-hydrogen) atoms. The molecule has 1 saturated heterocycles. The van der Waals surface area contributed by atoms with Gasteiger partial charge in [-0.15, -0.1) is 0 Å². The van der Waals surface area contributed by atoms with Crippen LogP contribution in [0.2, 0.25) is 0 Å². The van der Waals surface area contributed by atoms with Crippen molar-refractivity contribution in [2.45, 2.75) is 6.61 Å². The van der Waals surface area contributed by atoms with Gasteiger partial charge in [-0.05, 0) is 35.9 Å². The summed E-state index contributed by atoms with van der Waals surface area (Å²) >= 11 is 0. The van der Waals surface area contributed by atoms with Gasteiger partial charge in [0.1, 0.15) is 12.4 Å². The van der Waals surface area contributed by atoms with Crippen molar-refractivity contribution in [3.05, 3.63) is 100 Å². The van der Waals surface area contributed by atoms with Gasteiger partial charge in [-0.25, -0.2) is 9.78 Å². The Morgan fingerprint density at radius 1 is 1.00 bits per heavy atom. The molecule has 0 atom stereocenters. The van der Waals surface area contributed by atoms with Gasteiger partial charge in [0.15, 0.2) is 0 Å². The molecule has 0 amide bonds. The minimum absolute atomic E-state index is 0.0417. The highest BCUT2D eigenvalue weighted by Crippen LogP contribution is 2.35. The van der Waals surface area contributed by atoms with Crippen molar-refractivity contribution in [3.8, 4) is 22.9 Å². The van der Waals surface area contributed by atoms with Crippen LogP contribution in [0.4, 0.5) is 22.7 Å². The summed E-state index contributed by atoms with van der Waals surface area (Å²) in [5, 5.41) is 14.6. The van der Waals surface area contributed by atoms with Crippen LogP contribution < -0.4 is 19.7 Å². The summed E-state index contributed by atoms with van der Waals surface area (Å²) in [7, 11) is 2.85. The molecule has 3 aromatic carbocycles. The fraction of sp³-hybridized carbons (Fsp3) is 0.226. The molecular weight excluding hydrogens is 540 g/mol. The monoisotopic (exact) mass is 570 g/mol. The average Bonchev–Trinajstić information content (AvgIpc) is 3.04. The zero-order valence-corrected chi connectivity index (χ0v) is 23.2. The van der Waals surface area contributed by atoms with Crippen molar-refractivity contribution in [1.29, 1.82) is 0 Å². The molecule has 4 aromatic rings. The molecule has 11 nitrogen and oxygen atoms in total. The first-order chi connectivity index (χ1) is 20.4. The Kier molecular flexibility index (Phi) is 8.78. The number of carbonyl (C=O) groups is 1. The number of esters is 1. The molecule has 0 unspecified atom stereocenters. The van der Waals surface area contributed by atoms with Crippen molar-refractivity contribution in [1.82, 2.24) is 4.98 Å². The van der Waals surface area contributed by atoms with Gasteiger partial charge in [-0.1, -0.05) is 30.3 Å². The quantitative estimate of drug-likeness (QED) is 0.146. The third-order valence-corrected chi connectivity index (χ3v) is 6.80. The number of ether oxygens (including phenoxy) is 4. The summed E-state index contributed by atoms with van der Waals surface area (Å²) in [5.41, 5.74) is 4.13. The van der Waals surface area contributed by atoms with Crippen molar-refractivity contribution in [2.24, 2.45) is 0 Å². The minimum Gasteiger partial charge on any atom is -0.497 e. The van der Waals surface area contributed by atoms with E-state index in [2.05, 4.69) is 10.2 Å². The lowest BCUT2D eigenvalue weighted by atomic mass is 10.1. The predicted octanol–water partition coefficient (Wildman–Crippen LogP) is 5.61. The van der Waals surface area contributed by atoms with Gasteiger partial charge in [0.2, 0.25) is 5.88 Å². The maximum Gasteiger partial charge on any atom is 0.340 e. The van der Waals surface area contributed by atoms with Gasteiger partial charge >= 0.3 is 5.97 Å². The third-order valence-electron chi connectivity index (χ3n) is 6.80. The van der Waals surface area contributed by atoms with Crippen molar-refractivity contribution in [3.63, 3.8) is 0 Å². The number of morpholine rings is 1. The topological polar surface area (TPSA) is 125 Å². The van der Waals surface area contributed by atoms with Crippen LogP contribution >= 0.6 is 0 Å². The third kappa shape index (κ3) is 6.58. The number of methoxy groups -OCH3 is 2. The average molecular weight is 571 g/mol. The van der Waals surface area contributed by atoms with E-state index >= 15 is 0 Å². The van der Waals surface area contributed by atoms with Crippen LogP contribution in [-0.4, -0.2) is 56.4 Å². The van der Waals surface area contributed by atoms with Gasteiger partial charge in [-0.3, -0.25) is 10.1 Å². The van der Waals surface area contributed by atoms with E-state index in [9.17, 15) is 14.9 Å². The van der Waals surface area contributed by atoms with Crippen LogP contribution in [-0.2, 0) is 16.1 Å².